The quantitative estimate of drug-likeness (QED) is 0.853. The SMILES string of the molecule is COc1ccc(NC(=O)C2CCC(C(=O)N3CCOCC3)CC2)cc1OC. The number of anilines is 1. The van der Waals surface area contributed by atoms with Crippen LogP contribution in [0.5, 0.6) is 11.5 Å². The minimum absolute atomic E-state index is 0.000471. The average Bonchev–Trinajstić information content (AvgIpc) is 2.73. The molecule has 1 aliphatic heterocycles. The van der Waals surface area contributed by atoms with Gasteiger partial charge in [0, 0.05) is 36.7 Å². The lowest BCUT2D eigenvalue weighted by molar-refractivity contribution is -0.141. The van der Waals surface area contributed by atoms with E-state index in [-0.39, 0.29) is 23.7 Å². The largest absolute Gasteiger partial charge is 0.493 e. The summed E-state index contributed by atoms with van der Waals surface area (Å²) in [5, 5.41) is 2.96. The van der Waals surface area contributed by atoms with Crippen LogP contribution in [0.4, 0.5) is 5.69 Å². The van der Waals surface area contributed by atoms with Crippen LogP contribution in [0.3, 0.4) is 0 Å². The summed E-state index contributed by atoms with van der Waals surface area (Å²) < 4.78 is 15.8. The van der Waals surface area contributed by atoms with Crippen molar-refractivity contribution in [1.29, 1.82) is 0 Å². The van der Waals surface area contributed by atoms with Crippen LogP contribution in [0, 0.1) is 11.8 Å². The number of nitrogens with one attached hydrogen (secondary N) is 1. The fourth-order valence-corrected chi connectivity index (χ4v) is 3.80. The van der Waals surface area contributed by atoms with Gasteiger partial charge in [-0.3, -0.25) is 9.59 Å². The van der Waals surface area contributed by atoms with Crippen LogP contribution in [0.25, 0.3) is 0 Å². The van der Waals surface area contributed by atoms with E-state index in [1.165, 1.54) is 0 Å². The Kier molecular flexibility index (Phi) is 6.55. The monoisotopic (exact) mass is 376 g/mol. The molecule has 1 aromatic carbocycles. The molecule has 0 spiro atoms. The number of rotatable bonds is 5. The van der Waals surface area contributed by atoms with Gasteiger partial charge in [-0.05, 0) is 37.8 Å². The molecule has 148 valence electrons. The van der Waals surface area contributed by atoms with E-state index in [4.69, 9.17) is 14.2 Å². The van der Waals surface area contributed by atoms with Crippen molar-refractivity contribution in [1.82, 2.24) is 4.90 Å². The van der Waals surface area contributed by atoms with Gasteiger partial charge in [0.25, 0.3) is 0 Å². The summed E-state index contributed by atoms with van der Waals surface area (Å²) in [5.41, 5.74) is 0.684. The van der Waals surface area contributed by atoms with Crippen molar-refractivity contribution < 1.29 is 23.8 Å². The van der Waals surface area contributed by atoms with Gasteiger partial charge in [-0.25, -0.2) is 0 Å². The fourth-order valence-electron chi connectivity index (χ4n) is 3.80. The number of benzene rings is 1. The Morgan fingerprint density at radius 2 is 1.63 bits per heavy atom. The van der Waals surface area contributed by atoms with Gasteiger partial charge < -0.3 is 24.4 Å². The van der Waals surface area contributed by atoms with Crippen molar-refractivity contribution in [3.63, 3.8) is 0 Å². The number of methoxy groups -OCH3 is 2. The highest BCUT2D eigenvalue weighted by atomic mass is 16.5. The molecule has 1 aromatic rings. The molecule has 1 aliphatic carbocycles. The average molecular weight is 376 g/mol. The summed E-state index contributed by atoms with van der Waals surface area (Å²) in [7, 11) is 3.14. The van der Waals surface area contributed by atoms with Crippen molar-refractivity contribution in [2.45, 2.75) is 25.7 Å². The minimum atomic E-state index is -0.0631. The van der Waals surface area contributed by atoms with Crippen LogP contribution < -0.4 is 14.8 Å². The molecular formula is C20H28N2O5. The van der Waals surface area contributed by atoms with Crippen molar-refractivity contribution in [3.05, 3.63) is 18.2 Å². The topological polar surface area (TPSA) is 77.1 Å². The zero-order valence-corrected chi connectivity index (χ0v) is 16.0. The van der Waals surface area contributed by atoms with Gasteiger partial charge in [-0.2, -0.15) is 0 Å². The number of hydrogen-bond acceptors (Lipinski definition) is 5. The Bertz CT molecular complexity index is 664. The molecule has 2 fully saturated rings. The second kappa shape index (κ2) is 9.08. The molecular weight excluding hydrogens is 348 g/mol. The van der Waals surface area contributed by atoms with Crippen LogP contribution >= 0.6 is 0 Å². The molecule has 0 radical (unpaired) electrons. The Hall–Kier alpha value is -2.28. The first-order chi connectivity index (χ1) is 13.1. The van der Waals surface area contributed by atoms with Gasteiger partial charge in [-0.15, -0.1) is 0 Å². The zero-order chi connectivity index (χ0) is 19.2. The third-order valence-electron chi connectivity index (χ3n) is 5.42. The minimum Gasteiger partial charge on any atom is -0.493 e. The summed E-state index contributed by atoms with van der Waals surface area (Å²) in [6, 6.07) is 5.32. The third-order valence-corrected chi connectivity index (χ3v) is 5.42. The second-order valence-electron chi connectivity index (χ2n) is 7.05. The maximum Gasteiger partial charge on any atom is 0.227 e. The maximum atomic E-state index is 12.6. The molecule has 0 unspecified atom stereocenters. The molecule has 0 bridgehead atoms. The smallest absolute Gasteiger partial charge is 0.227 e. The lowest BCUT2D eigenvalue weighted by atomic mass is 9.81. The van der Waals surface area contributed by atoms with Crippen molar-refractivity contribution in [2.24, 2.45) is 11.8 Å². The number of nitrogens with zero attached hydrogens (tertiary/aromatic N) is 1. The lowest BCUT2D eigenvalue weighted by Crippen LogP contribution is -2.44. The molecule has 2 aliphatic rings. The molecule has 1 heterocycles. The number of amides is 2. The van der Waals surface area contributed by atoms with E-state index in [9.17, 15) is 9.59 Å². The number of carbonyl (C=O) groups excluding carboxylic acids is 2. The first-order valence-electron chi connectivity index (χ1n) is 9.51. The van der Waals surface area contributed by atoms with Gasteiger partial charge >= 0.3 is 0 Å². The predicted molar refractivity (Wildman–Crippen MR) is 101 cm³/mol. The summed E-state index contributed by atoms with van der Waals surface area (Å²) in [6.07, 6.45) is 3.00. The Morgan fingerprint density at radius 1 is 1.00 bits per heavy atom. The predicted octanol–water partition coefficient (Wildman–Crippen LogP) is 2.31. The van der Waals surface area contributed by atoms with E-state index in [0.29, 0.717) is 43.5 Å². The number of carbonyl (C=O) groups is 2. The maximum absolute atomic E-state index is 12.6. The van der Waals surface area contributed by atoms with E-state index in [1.807, 2.05) is 4.90 Å². The molecule has 0 atom stereocenters. The normalized spacial score (nSPS) is 22.8. The highest BCUT2D eigenvalue weighted by Crippen LogP contribution is 2.33. The summed E-state index contributed by atoms with van der Waals surface area (Å²) in [6.45, 7) is 2.60. The molecule has 1 N–H and O–H groups in total. The number of ether oxygens (including phenoxy) is 3. The van der Waals surface area contributed by atoms with Crippen LogP contribution in [0.15, 0.2) is 18.2 Å². The van der Waals surface area contributed by atoms with Gasteiger partial charge in [-0.1, -0.05) is 0 Å². The van der Waals surface area contributed by atoms with Crippen LogP contribution in [-0.4, -0.2) is 57.2 Å². The number of hydrogen-bond donors (Lipinski definition) is 1. The standard InChI is InChI=1S/C20H28N2O5/c1-25-17-8-7-16(13-18(17)26-2)21-19(23)14-3-5-15(6-4-14)20(24)22-9-11-27-12-10-22/h7-8,13-15H,3-6,9-12H2,1-2H3,(H,21,23). The van der Waals surface area contributed by atoms with Crippen molar-refractivity contribution >= 4 is 17.5 Å². The second-order valence-corrected chi connectivity index (χ2v) is 7.05. The molecule has 2 amide bonds. The van der Waals surface area contributed by atoms with E-state index in [1.54, 1.807) is 32.4 Å². The molecule has 27 heavy (non-hydrogen) atoms. The first-order valence-corrected chi connectivity index (χ1v) is 9.51. The molecule has 1 saturated heterocycles. The van der Waals surface area contributed by atoms with Crippen molar-refractivity contribution in [2.75, 3.05) is 45.8 Å². The Balaban J connectivity index is 1.52. The van der Waals surface area contributed by atoms with Gasteiger partial charge in [0.1, 0.15) is 0 Å². The first kappa shape index (κ1) is 19.5. The summed E-state index contributed by atoms with van der Waals surface area (Å²) in [5.74, 6) is 1.39. The van der Waals surface area contributed by atoms with E-state index < -0.39 is 0 Å². The van der Waals surface area contributed by atoms with Crippen LogP contribution in [0.1, 0.15) is 25.7 Å². The summed E-state index contributed by atoms with van der Waals surface area (Å²) >= 11 is 0. The number of morpholine rings is 1. The molecule has 3 rings (SSSR count). The van der Waals surface area contributed by atoms with Crippen LogP contribution in [-0.2, 0) is 14.3 Å². The molecule has 1 saturated carbocycles. The van der Waals surface area contributed by atoms with E-state index in [0.717, 1.165) is 25.7 Å². The molecule has 7 nitrogen and oxygen atoms in total. The van der Waals surface area contributed by atoms with Crippen LogP contribution in [0.2, 0.25) is 0 Å². The Labute approximate surface area is 160 Å². The highest BCUT2D eigenvalue weighted by Gasteiger charge is 2.32. The van der Waals surface area contributed by atoms with Gasteiger partial charge in [0.05, 0.1) is 27.4 Å². The van der Waals surface area contributed by atoms with Crippen molar-refractivity contribution in [3.8, 4) is 11.5 Å². The summed E-state index contributed by atoms with van der Waals surface area (Å²) in [4.78, 5) is 27.1. The van der Waals surface area contributed by atoms with Gasteiger partial charge in [0.15, 0.2) is 11.5 Å². The molecule has 7 heteroatoms. The molecule has 0 aromatic heterocycles. The zero-order valence-electron chi connectivity index (χ0n) is 16.0. The van der Waals surface area contributed by atoms with E-state index in [2.05, 4.69) is 5.32 Å². The fraction of sp³-hybridized carbons (Fsp3) is 0.600. The van der Waals surface area contributed by atoms with Gasteiger partial charge in [0.2, 0.25) is 11.8 Å². The van der Waals surface area contributed by atoms with E-state index >= 15 is 0 Å². The Morgan fingerprint density at radius 3 is 2.26 bits per heavy atom. The lowest BCUT2D eigenvalue weighted by Gasteiger charge is -2.33. The third kappa shape index (κ3) is 4.71. The highest BCUT2D eigenvalue weighted by molar-refractivity contribution is 5.93.